The van der Waals surface area contributed by atoms with Crippen LogP contribution < -0.4 is 20.7 Å². The SMILES string of the molecule is CCOc1cccc(CNC(=NC)NCCCNC(=O)OC(C)(C)C)c1.I. The number of hydrogen-bond donors (Lipinski definition) is 3. The molecule has 0 aliphatic carbocycles. The molecule has 0 aromatic heterocycles. The van der Waals surface area contributed by atoms with E-state index >= 15 is 0 Å². The Balaban J connectivity index is 0.00000676. The summed E-state index contributed by atoms with van der Waals surface area (Å²) in [5.41, 5.74) is 0.638. The highest BCUT2D eigenvalue weighted by Crippen LogP contribution is 2.12. The summed E-state index contributed by atoms with van der Waals surface area (Å²) in [6.45, 7) is 10.0. The van der Waals surface area contributed by atoms with Crippen LogP contribution in [0.15, 0.2) is 29.3 Å². The molecule has 0 bridgehead atoms. The molecule has 0 unspecified atom stereocenters. The molecule has 8 heteroatoms. The van der Waals surface area contributed by atoms with Crippen molar-refractivity contribution in [2.45, 2.75) is 46.3 Å². The molecule has 0 atom stereocenters. The van der Waals surface area contributed by atoms with E-state index in [0.717, 1.165) is 17.7 Å². The minimum Gasteiger partial charge on any atom is -0.494 e. The van der Waals surface area contributed by atoms with E-state index in [-0.39, 0.29) is 24.0 Å². The third-order valence-corrected chi connectivity index (χ3v) is 3.21. The fourth-order valence-electron chi connectivity index (χ4n) is 2.12. The summed E-state index contributed by atoms with van der Waals surface area (Å²) in [6, 6.07) is 7.96. The maximum Gasteiger partial charge on any atom is 0.407 e. The Kier molecular flexibility index (Phi) is 12.6. The summed E-state index contributed by atoms with van der Waals surface area (Å²) < 4.78 is 10.7. The zero-order valence-corrected chi connectivity index (χ0v) is 19.3. The molecule has 1 amide bonds. The first kappa shape index (κ1) is 25.3. The van der Waals surface area contributed by atoms with Gasteiger partial charge >= 0.3 is 6.09 Å². The quantitative estimate of drug-likeness (QED) is 0.225. The van der Waals surface area contributed by atoms with E-state index in [4.69, 9.17) is 9.47 Å². The lowest BCUT2D eigenvalue weighted by atomic mass is 10.2. The first-order chi connectivity index (χ1) is 12.3. The summed E-state index contributed by atoms with van der Waals surface area (Å²) in [5.74, 6) is 1.58. The van der Waals surface area contributed by atoms with Crippen LogP contribution in [0, 0.1) is 0 Å². The Morgan fingerprint density at radius 3 is 2.48 bits per heavy atom. The molecule has 1 rings (SSSR count). The molecule has 0 heterocycles. The van der Waals surface area contributed by atoms with E-state index < -0.39 is 11.7 Å². The molecule has 0 aliphatic heterocycles. The molecular weight excluding hydrogens is 459 g/mol. The fraction of sp³-hybridized carbons (Fsp3) is 0.579. The molecule has 27 heavy (non-hydrogen) atoms. The van der Waals surface area contributed by atoms with Gasteiger partial charge in [-0.2, -0.15) is 0 Å². The highest BCUT2D eigenvalue weighted by Gasteiger charge is 2.15. The van der Waals surface area contributed by atoms with Crippen molar-refractivity contribution in [1.29, 1.82) is 0 Å². The summed E-state index contributed by atoms with van der Waals surface area (Å²) >= 11 is 0. The van der Waals surface area contributed by atoms with Gasteiger partial charge in [-0.25, -0.2) is 4.79 Å². The van der Waals surface area contributed by atoms with Crippen LogP contribution in [0.2, 0.25) is 0 Å². The number of halogens is 1. The predicted molar refractivity (Wildman–Crippen MR) is 120 cm³/mol. The van der Waals surface area contributed by atoms with Crippen LogP contribution in [0.1, 0.15) is 39.7 Å². The van der Waals surface area contributed by atoms with Crippen LogP contribution in [0.4, 0.5) is 4.79 Å². The Hall–Kier alpha value is -1.71. The van der Waals surface area contributed by atoms with Crippen molar-refractivity contribution >= 4 is 36.0 Å². The molecule has 3 N–H and O–H groups in total. The summed E-state index contributed by atoms with van der Waals surface area (Å²) in [6.07, 6.45) is 0.369. The average molecular weight is 492 g/mol. The number of aliphatic imine (C=N–C) groups is 1. The Morgan fingerprint density at radius 1 is 1.15 bits per heavy atom. The normalized spacial score (nSPS) is 11.2. The van der Waals surface area contributed by atoms with Gasteiger partial charge in [0.1, 0.15) is 11.4 Å². The van der Waals surface area contributed by atoms with E-state index in [9.17, 15) is 4.79 Å². The van der Waals surface area contributed by atoms with Gasteiger partial charge in [-0.05, 0) is 51.8 Å². The number of carbonyl (C=O) groups is 1. The van der Waals surface area contributed by atoms with Crippen molar-refractivity contribution in [1.82, 2.24) is 16.0 Å². The third-order valence-electron chi connectivity index (χ3n) is 3.21. The molecule has 7 nitrogen and oxygen atoms in total. The van der Waals surface area contributed by atoms with Crippen molar-refractivity contribution in [2.24, 2.45) is 4.99 Å². The number of amides is 1. The molecule has 0 spiro atoms. The van der Waals surface area contributed by atoms with Gasteiger partial charge in [0.25, 0.3) is 0 Å². The van der Waals surface area contributed by atoms with Crippen LogP contribution >= 0.6 is 24.0 Å². The molecular formula is C19H33IN4O3. The number of nitrogens with zero attached hydrogens (tertiary/aromatic N) is 1. The maximum atomic E-state index is 11.5. The minimum atomic E-state index is -0.478. The van der Waals surface area contributed by atoms with E-state index in [2.05, 4.69) is 20.9 Å². The zero-order valence-electron chi connectivity index (χ0n) is 16.9. The summed E-state index contributed by atoms with van der Waals surface area (Å²) in [4.78, 5) is 15.7. The Labute approximate surface area is 179 Å². The lowest BCUT2D eigenvalue weighted by molar-refractivity contribution is 0.0527. The molecule has 1 aromatic carbocycles. The average Bonchev–Trinajstić information content (AvgIpc) is 2.56. The fourth-order valence-corrected chi connectivity index (χ4v) is 2.12. The van der Waals surface area contributed by atoms with Crippen molar-refractivity contribution in [3.05, 3.63) is 29.8 Å². The minimum absolute atomic E-state index is 0. The van der Waals surface area contributed by atoms with Gasteiger partial charge in [-0.15, -0.1) is 24.0 Å². The standard InChI is InChI=1S/C19H32N4O3.HI/c1-6-25-16-10-7-9-15(13-16)14-23-17(20-5)21-11-8-12-22-18(24)26-19(2,3)4;/h7,9-10,13H,6,8,11-12,14H2,1-5H3,(H,22,24)(H2,20,21,23);1H. The highest BCUT2D eigenvalue weighted by atomic mass is 127. The predicted octanol–water partition coefficient (Wildman–Crippen LogP) is 3.28. The van der Waals surface area contributed by atoms with Crippen LogP contribution in [0.25, 0.3) is 0 Å². The van der Waals surface area contributed by atoms with Crippen LogP contribution in [-0.4, -0.2) is 44.4 Å². The van der Waals surface area contributed by atoms with Gasteiger partial charge in [0, 0.05) is 26.7 Å². The second-order valence-corrected chi connectivity index (χ2v) is 6.72. The lowest BCUT2D eigenvalue weighted by Crippen LogP contribution is -2.39. The van der Waals surface area contributed by atoms with Crippen LogP contribution in [-0.2, 0) is 11.3 Å². The highest BCUT2D eigenvalue weighted by molar-refractivity contribution is 14.0. The van der Waals surface area contributed by atoms with E-state index in [1.54, 1.807) is 7.05 Å². The first-order valence-corrected chi connectivity index (χ1v) is 8.97. The number of guanidine groups is 1. The third kappa shape index (κ3) is 12.3. The zero-order chi connectivity index (χ0) is 19.4. The number of alkyl carbamates (subject to hydrolysis) is 1. The monoisotopic (exact) mass is 492 g/mol. The van der Waals surface area contributed by atoms with Crippen LogP contribution in [0.3, 0.4) is 0 Å². The van der Waals surface area contributed by atoms with Gasteiger partial charge in [-0.3, -0.25) is 4.99 Å². The molecule has 0 saturated heterocycles. The second kappa shape index (κ2) is 13.5. The van der Waals surface area contributed by atoms with Crippen LogP contribution in [0.5, 0.6) is 5.75 Å². The van der Waals surface area contributed by atoms with Gasteiger partial charge < -0.3 is 25.4 Å². The molecule has 0 saturated carbocycles. The van der Waals surface area contributed by atoms with E-state index in [1.807, 2.05) is 52.0 Å². The van der Waals surface area contributed by atoms with Crippen molar-refractivity contribution in [3.63, 3.8) is 0 Å². The molecule has 154 valence electrons. The Bertz CT molecular complexity index is 589. The number of hydrogen-bond acceptors (Lipinski definition) is 4. The van der Waals surface area contributed by atoms with E-state index in [1.165, 1.54) is 0 Å². The largest absolute Gasteiger partial charge is 0.494 e. The number of rotatable bonds is 8. The topological polar surface area (TPSA) is 84.0 Å². The number of ether oxygens (including phenoxy) is 2. The van der Waals surface area contributed by atoms with Crippen molar-refractivity contribution in [3.8, 4) is 5.75 Å². The number of benzene rings is 1. The first-order valence-electron chi connectivity index (χ1n) is 8.97. The van der Waals surface area contributed by atoms with Gasteiger partial charge in [0.2, 0.25) is 0 Å². The Morgan fingerprint density at radius 2 is 1.85 bits per heavy atom. The summed E-state index contributed by atoms with van der Waals surface area (Å²) in [5, 5.41) is 9.21. The van der Waals surface area contributed by atoms with Gasteiger partial charge in [0.05, 0.1) is 6.61 Å². The van der Waals surface area contributed by atoms with Gasteiger partial charge in [0.15, 0.2) is 5.96 Å². The smallest absolute Gasteiger partial charge is 0.407 e. The second-order valence-electron chi connectivity index (χ2n) is 6.72. The lowest BCUT2D eigenvalue weighted by Gasteiger charge is -2.19. The van der Waals surface area contributed by atoms with Gasteiger partial charge in [-0.1, -0.05) is 12.1 Å². The number of carbonyl (C=O) groups excluding carboxylic acids is 1. The number of nitrogens with one attached hydrogen (secondary N) is 3. The molecule has 1 aromatic rings. The summed E-state index contributed by atoms with van der Waals surface area (Å²) in [7, 11) is 1.73. The maximum absolute atomic E-state index is 11.5. The molecule has 0 fully saturated rings. The van der Waals surface area contributed by atoms with E-state index in [0.29, 0.717) is 32.2 Å². The van der Waals surface area contributed by atoms with Crippen molar-refractivity contribution < 1.29 is 14.3 Å². The van der Waals surface area contributed by atoms with Crippen molar-refractivity contribution in [2.75, 3.05) is 26.7 Å². The molecule has 0 aliphatic rings. The molecule has 0 radical (unpaired) electrons.